The number of hydrogen-bond acceptors (Lipinski definition) is 7. The number of carbonyl (C=O) groups excluding carboxylic acids is 2. The summed E-state index contributed by atoms with van der Waals surface area (Å²) < 4.78 is 14.7. The number of furan rings is 1. The number of aryl methyl sites for hydroxylation is 1. The summed E-state index contributed by atoms with van der Waals surface area (Å²) in [4.78, 5) is 33.7. The molecule has 8 heteroatoms. The number of nitro groups is 1. The fraction of sp³-hybridized carbons (Fsp3) is 0.200. The zero-order chi connectivity index (χ0) is 17.0. The number of rotatable bonds is 5. The number of carbonyl (C=O) groups is 2. The Hall–Kier alpha value is -3.16. The minimum absolute atomic E-state index is 0.0828. The van der Waals surface area contributed by atoms with Crippen LogP contribution in [0.1, 0.15) is 32.0 Å². The van der Waals surface area contributed by atoms with E-state index in [1.54, 1.807) is 0 Å². The monoisotopic (exact) mass is 319 g/mol. The van der Waals surface area contributed by atoms with Gasteiger partial charge in [0.2, 0.25) is 0 Å². The van der Waals surface area contributed by atoms with Gasteiger partial charge >= 0.3 is 11.9 Å². The normalized spacial score (nSPS) is 10.2. The number of nitrogens with zero attached hydrogens (tertiary/aromatic N) is 1. The van der Waals surface area contributed by atoms with Crippen molar-refractivity contribution in [2.24, 2.45) is 0 Å². The maximum atomic E-state index is 12.0. The van der Waals surface area contributed by atoms with E-state index in [2.05, 4.69) is 4.74 Å². The minimum atomic E-state index is -0.685. The summed E-state index contributed by atoms with van der Waals surface area (Å²) in [5.41, 5.74) is 0.595. The fourth-order valence-corrected chi connectivity index (χ4v) is 1.95. The first-order chi connectivity index (χ1) is 10.9. The van der Waals surface area contributed by atoms with E-state index in [1.807, 2.05) is 0 Å². The van der Waals surface area contributed by atoms with Gasteiger partial charge in [-0.3, -0.25) is 10.1 Å². The molecule has 1 aromatic carbocycles. The largest absolute Gasteiger partial charge is 0.465 e. The maximum absolute atomic E-state index is 12.0. The Morgan fingerprint density at radius 2 is 2.00 bits per heavy atom. The first kappa shape index (κ1) is 16.2. The highest BCUT2D eigenvalue weighted by Gasteiger charge is 2.18. The van der Waals surface area contributed by atoms with Crippen molar-refractivity contribution in [2.75, 3.05) is 7.11 Å². The molecule has 0 saturated heterocycles. The molecule has 0 aliphatic heterocycles. The van der Waals surface area contributed by atoms with Crippen LogP contribution in [-0.4, -0.2) is 24.0 Å². The summed E-state index contributed by atoms with van der Waals surface area (Å²) in [7, 11) is 1.23. The zero-order valence-corrected chi connectivity index (χ0v) is 12.4. The Labute approximate surface area is 130 Å². The van der Waals surface area contributed by atoms with Gasteiger partial charge in [0.25, 0.3) is 5.69 Å². The first-order valence-corrected chi connectivity index (χ1v) is 6.51. The van der Waals surface area contributed by atoms with Crippen molar-refractivity contribution >= 4 is 17.6 Å². The van der Waals surface area contributed by atoms with E-state index in [9.17, 15) is 19.7 Å². The SMILES string of the molecule is COC(=O)c1ccoc1COC(=O)c1ccc([N+](=O)[O-])c(C)c1. The van der Waals surface area contributed by atoms with Crippen LogP contribution in [0.4, 0.5) is 5.69 Å². The summed E-state index contributed by atoms with van der Waals surface area (Å²) >= 11 is 0. The molecule has 23 heavy (non-hydrogen) atoms. The van der Waals surface area contributed by atoms with Crippen LogP contribution in [0.5, 0.6) is 0 Å². The van der Waals surface area contributed by atoms with Crippen LogP contribution in [0.3, 0.4) is 0 Å². The second-order valence-corrected chi connectivity index (χ2v) is 4.58. The molecule has 0 aliphatic carbocycles. The average Bonchev–Trinajstić information content (AvgIpc) is 2.99. The average molecular weight is 319 g/mol. The summed E-state index contributed by atoms with van der Waals surface area (Å²) in [6.07, 6.45) is 1.28. The molecule has 1 aromatic heterocycles. The molecule has 0 radical (unpaired) electrons. The molecule has 2 aromatic rings. The molecule has 0 atom stereocenters. The number of ether oxygens (including phenoxy) is 2. The van der Waals surface area contributed by atoms with E-state index in [0.29, 0.717) is 5.56 Å². The Kier molecular flexibility index (Phi) is 4.75. The van der Waals surface area contributed by atoms with E-state index >= 15 is 0 Å². The van der Waals surface area contributed by atoms with Gasteiger partial charge in [-0.25, -0.2) is 9.59 Å². The predicted octanol–water partition coefficient (Wildman–Crippen LogP) is 2.64. The van der Waals surface area contributed by atoms with Gasteiger partial charge in [0.1, 0.15) is 5.56 Å². The highest BCUT2D eigenvalue weighted by Crippen LogP contribution is 2.20. The molecule has 1 heterocycles. The lowest BCUT2D eigenvalue weighted by molar-refractivity contribution is -0.385. The molecule has 0 bridgehead atoms. The minimum Gasteiger partial charge on any atom is -0.465 e. The first-order valence-electron chi connectivity index (χ1n) is 6.51. The molecule has 0 spiro atoms. The highest BCUT2D eigenvalue weighted by molar-refractivity contribution is 5.91. The Morgan fingerprint density at radius 1 is 1.26 bits per heavy atom. The van der Waals surface area contributed by atoms with Crippen LogP contribution in [0.25, 0.3) is 0 Å². The Morgan fingerprint density at radius 3 is 2.61 bits per heavy atom. The van der Waals surface area contributed by atoms with E-state index in [4.69, 9.17) is 9.15 Å². The van der Waals surface area contributed by atoms with E-state index in [0.717, 1.165) is 0 Å². The molecule has 0 saturated carbocycles. The third kappa shape index (κ3) is 3.54. The quantitative estimate of drug-likeness (QED) is 0.473. The number of methoxy groups -OCH3 is 1. The molecule has 0 N–H and O–H groups in total. The van der Waals surface area contributed by atoms with Crippen molar-refractivity contribution in [3.8, 4) is 0 Å². The molecule has 0 fully saturated rings. The summed E-state index contributed by atoms with van der Waals surface area (Å²) in [6.45, 7) is 1.27. The van der Waals surface area contributed by atoms with Gasteiger partial charge in [-0.2, -0.15) is 0 Å². The van der Waals surface area contributed by atoms with Crippen molar-refractivity contribution in [3.63, 3.8) is 0 Å². The van der Waals surface area contributed by atoms with Gasteiger partial charge in [0.05, 0.1) is 23.9 Å². The zero-order valence-electron chi connectivity index (χ0n) is 12.4. The van der Waals surface area contributed by atoms with E-state index in [1.165, 1.54) is 44.6 Å². The molecular formula is C15H13NO7. The fourth-order valence-electron chi connectivity index (χ4n) is 1.95. The third-order valence-electron chi connectivity index (χ3n) is 3.11. The molecule has 0 aliphatic rings. The molecular weight excluding hydrogens is 306 g/mol. The summed E-state index contributed by atoms with van der Waals surface area (Å²) in [5, 5.41) is 10.7. The highest BCUT2D eigenvalue weighted by atomic mass is 16.6. The summed E-state index contributed by atoms with van der Waals surface area (Å²) in [5.74, 6) is -1.13. The van der Waals surface area contributed by atoms with Crippen molar-refractivity contribution in [1.82, 2.24) is 0 Å². The maximum Gasteiger partial charge on any atom is 0.341 e. The number of benzene rings is 1. The second-order valence-electron chi connectivity index (χ2n) is 4.58. The van der Waals surface area contributed by atoms with Crippen molar-refractivity contribution in [3.05, 3.63) is 63.1 Å². The lowest BCUT2D eigenvalue weighted by Gasteiger charge is -2.05. The molecule has 120 valence electrons. The topological polar surface area (TPSA) is 109 Å². The van der Waals surface area contributed by atoms with Crippen LogP contribution in [0.2, 0.25) is 0 Å². The lowest BCUT2D eigenvalue weighted by atomic mass is 10.1. The Balaban J connectivity index is 2.09. The molecule has 2 rings (SSSR count). The molecule has 0 unspecified atom stereocenters. The van der Waals surface area contributed by atoms with Crippen LogP contribution in [0.15, 0.2) is 34.9 Å². The summed E-state index contributed by atoms with van der Waals surface area (Å²) in [6, 6.07) is 5.31. The van der Waals surface area contributed by atoms with Crippen molar-refractivity contribution < 1.29 is 28.4 Å². The lowest BCUT2D eigenvalue weighted by Crippen LogP contribution is -2.09. The number of hydrogen-bond donors (Lipinski definition) is 0. The Bertz CT molecular complexity index is 763. The van der Waals surface area contributed by atoms with Gasteiger partial charge in [0, 0.05) is 11.6 Å². The van der Waals surface area contributed by atoms with Crippen LogP contribution >= 0.6 is 0 Å². The smallest absolute Gasteiger partial charge is 0.341 e. The van der Waals surface area contributed by atoms with E-state index < -0.39 is 16.9 Å². The second kappa shape index (κ2) is 6.73. The molecule has 0 amide bonds. The predicted molar refractivity (Wildman–Crippen MR) is 77.0 cm³/mol. The van der Waals surface area contributed by atoms with Crippen LogP contribution in [0, 0.1) is 17.0 Å². The van der Waals surface area contributed by atoms with Gasteiger partial charge in [-0.1, -0.05) is 0 Å². The third-order valence-corrected chi connectivity index (χ3v) is 3.11. The van der Waals surface area contributed by atoms with Crippen molar-refractivity contribution in [1.29, 1.82) is 0 Å². The number of nitro benzene ring substituents is 1. The standard InChI is InChI=1S/C15H13NO7/c1-9-7-10(3-4-12(9)16(19)20)14(17)23-8-13-11(5-6-22-13)15(18)21-2/h3-7H,8H2,1-2H3. The van der Waals surface area contributed by atoms with E-state index in [-0.39, 0.29) is 29.2 Å². The van der Waals surface area contributed by atoms with Gasteiger partial charge in [-0.05, 0) is 25.1 Å². The van der Waals surface area contributed by atoms with Crippen LogP contribution in [-0.2, 0) is 16.1 Å². The van der Waals surface area contributed by atoms with Gasteiger partial charge in [-0.15, -0.1) is 0 Å². The molecule has 8 nitrogen and oxygen atoms in total. The van der Waals surface area contributed by atoms with Crippen LogP contribution < -0.4 is 0 Å². The van der Waals surface area contributed by atoms with Gasteiger partial charge < -0.3 is 13.9 Å². The van der Waals surface area contributed by atoms with Crippen molar-refractivity contribution in [2.45, 2.75) is 13.5 Å². The number of esters is 2. The van der Waals surface area contributed by atoms with Gasteiger partial charge in [0.15, 0.2) is 12.4 Å².